The summed E-state index contributed by atoms with van der Waals surface area (Å²) in [4.78, 5) is 14.1. The molecular formula is C17H28N2O2. The molecule has 1 aromatic rings. The number of aliphatic hydroxyl groups is 1. The van der Waals surface area contributed by atoms with E-state index in [1.807, 2.05) is 38.2 Å². The van der Waals surface area contributed by atoms with Crippen LogP contribution in [0.1, 0.15) is 32.8 Å². The van der Waals surface area contributed by atoms with E-state index in [0.29, 0.717) is 13.0 Å². The van der Waals surface area contributed by atoms with E-state index in [0.717, 1.165) is 11.3 Å². The number of hydrogen-bond acceptors (Lipinski definition) is 3. The molecule has 0 saturated carbocycles. The Hall–Kier alpha value is -1.39. The molecular weight excluding hydrogens is 264 g/mol. The lowest BCUT2D eigenvalue weighted by atomic mass is 9.86. The van der Waals surface area contributed by atoms with Gasteiger partial charge >= 0.3 is 0 Å². The van der Waals surface area contributed by atoms with E-state index >= 15 is 0 Å². The zero-order valence-corrected chi connectivity index (χ0v) is 13.8. The third-order valence-corrected chi connectivity index (χ3v) is 3.82. The number of anilines is 1. The molecule has 0 aliphatic carbocycles. The number of para-hydroxylation sites is 1. The summed E-state index contributed by atoms with van der Waals surface area (Å²) in [7, 11) is 1.95. The third-order valence-electron chi connectivity index (χ3n) is 3.82. The zero-order valence-electron chi connectivity index (χ0n) is 13.8. The summed E-state index contributed by atoms with van der Waals surface area (Å²) in [6, 6.07) is 7.79. The summed E-state index contributed by atoms with van der Waals surface area (Å²) in [5.41, 5.74) is 1.90. The van der Waals surface area contributed by atoms with Crippen molar-refractivity contribution in [2.24, 2.45) is 5.41 Å². The Kier molecular flexibility index (Phi) is 6.37. The van der Waals surface area contributed by atoms with Crippen molar-refractivity contribution in [3.05, 3.63) is 29.8 Å². The van der Waals surface area contributed by atoms with Crippen LogP contribution in [0.3, 0.4) is 0 Å². The van der Waals surface area contributed by atoms with Gasteiger partial charge in [0.2, 0.25) is 5.91 Å². The van der Waals surface area contributed by atoms with Crippen LogP contribution in [0.15, 0.2) is 24.3 Å². The summed E-state index contributed by atoms with van der Waals surface area (Å²) in [6.45, 7) is 8.98. The van der Waals surface area contributed by atoms with Crippen LogP contribution < -0.4 is 5.32 Å². The van der Waals surface area contributed by atoms with Gasteiger partial charge in [-0.2, -0.15) is 0 Å². The number of nitrogens with zero attached hydrogens (tertiary/aromatic N) is 1. The maximum atomic E-state index is 12.0. The fourth-order valence-corrected chi connectivity index (χ4v) is 2.43. The molecule has 0 aliphatic rings. The van der Waals surface area contributed by atoms with Crippen molar-refractivity contribution in [1.82, 2.24) is 4.90 Å². The van der Waals surface area contributed by atoms with Gasteiger partial charge < -0.3 is 15.3 Å². The van der Waals surface area contributed by atoms with Gasteiger partial charge in [-0.3, -0.25) is 4.79 Å². The summed E-state index contributed by atoms with van der Waals surface area (Å²) in [5.74, 6) is 0.00162. The molecule has 0 fully saturated rings. The lowest BCUT2D eigenvalue weighted by Crippen LogP contribution is -2.45. The smallest absolute Gasteiger partial charge is 0.225 e. The number of likely N-dealkylation sites (N-methyl/N-ethyl adjacent to an activating group) is 1. The maximum Gasteiger partial charge on any atom is 0.225 e. The second-order valence-electron chi connectivity index (χ2n) is 6.66. The van der Waals surface area contributed by atoms with E-state index in [4.69, 9.17) is 0 Å². The van der Waals surface area contributed by atoms with Crippen LogP contribution in [0.25, 0.3) is 0 Å². The SMILES string of the molecule is Cc1ccccc1NC(=O)CCN(C)C(CO)C(C)(C)C. The second-order valence-corrected chi connectivity index (χ2v) is 6.66. The molecule has 1 rings (SSSR count). The molecule has 0 bridgehead atoms. The highest BCUT2D eigenvalue weighted by atomic mass is 16.3. The lowest BCUT2D eigenvalue weighted by molar-refractivity contribution is -0.116. The fraction of sp³-hybridized carbons (Fsp3) is 0.588. The molecule has 1 atom stereocenters. The minimum atomic E-state index is -0.0179. The van der Waals surface area contributed by atoms with Crippen molar-refractivity contribution in [2.75, 3.05) is 25.5 Å². The molecule has 4 nitrogen and oxygen atoms in total. The lowest BCUT2D eigenvalue weighted by Gasteiger charge is -2.36. The average Bonchev–Trinajstić information content (AvgIpc) is 2.38. The van der Waals surface area contributed by atoms with Gasteiger partial charge in [0.1, 0.15) is 0 Å². The van der Waals surface area contributed by atoms with Crippen molar-refractivity contribution < 1.29 is 9.90 Å². The Morgan fingerprint density at radius 2 is 1.95 bits per heavy atom. The minimum Gasteiger partial charge on any atom is -0.395 e. The normalized spacial score (nSPS) is 13.3. The topological polar surface area (TPSA) is 52.6 Å². The van der Waals surface area contributed by atoms with E-state index in [-0.39, 0.29) is 24.0 Å². The first-order valence-electron chi connectivity index (χ1n) is 7.42. The Labute approximate surface area is 128 Å². The van der Waals surface area contributed by atoms with Crippen molar-refractivity contribution in [3.63, 3.8) is 0 Å². The first-order valence-corrected chi connectivity index (χ1v) is 7.42. The Morgan fingerprint density at radius 1 is 1.33 bits per heavy atom. The molecule has 4 heteroatoms. The molecule has 118 valence electrons. The molecule has 0 radical (unpaired) electrons. The first kappa shape index (κ1) is 17.7. The number of amides is 1. The van der Waals surface area contributed by atoms with Crippen LogP contribution in [0, 0.1) is 12.3 Å². The van der Waals surface area contributed by atoms with Crippen LogP contribution in [0.4, 0.5) is 5.69 Å². The molecule has 0 aliphatic heterocycles. The molecule has 2 N–H and O–H groups in total. The van der Waals surface area contributed by atoms with Gasteiger partial charge in [0.25, 0.3) is 0 Å². The van der Waals surface area contributed by atoms with Crippen LogP contribution >= 0.6 is 0 Å². The molecule has 0 saturated heterocycles. The van der Waals surface area contributed by atoms with E-state index < -0.39 is 0 Å². The predicted octanol–water partition coefficient (Wildman–Crippen LogP) is 2.66. The molecule has 21 heavy (non-hydrogen) atoms. The molecule has 0 heterocycles. The van der Waals surface area contributed by atoms with Gasteiger partial charge in [-0.25, -0.2) is 0 Å². The largest absolute Gasteiger partial charge is 0.395 e. The zero-order chi connectivity index (χ0) is 16.0. The summed E-state index contributed by atoms with van der Waals surface area (Å²) in [5, 5.41) is 12.5. The third kappa shape index (κ3) is 5.48. The summed E-state index contributed by atoms with van der Waals surface area (Å²) < 4.78 is 0. The highest BCUT2D eigenvalue weighted by Gasteiger charge is 2.27. The highest BCUT2D eigenvalue weighted by molar-refractivity contribution is 5.91. The number of aliphatic hydroxyl groups excluding tert-OH is 1. The number of nitrogens with one attached hydrogen (secondary N) is 1. The minimum absolute atomic E-state index is 0.00162. The van der Waals surface area contributed by atoms with E-state index in [1.54, 1.807) is 0 Å². The van der Waals surface area contributed by atoms with Crippen molar-refractivity contribution in [2.45, 2.75) is 40.2 Å². The van der Waals surface area contributed by atoms with Gasteiger partial charge in [0.15, 0.2) is 0 Å². The van der Waals surface area contributed by atoms with Gasteiger partial charge in [0, 0.05) is 24.7 Å². The van der Waals surface area contributed by atoms with Gasteiger partial charge in [0.05, 0.1) is 6.61 Å². The molecule has 1 unspecified atom stereocenters. The molecule has 0 aromatic heterocycles. The number of aryl methyl sites for hydroxylation is 1. The Morgan fingerprint density at radius 3 is 2.48 bits per heavy atom. The quantitative estimate of drug-likeness (QED) is 0.847. The fourth-order valence-electron chi connectivity index (χ4n) is 2.43. The first-order chi connectivity index (χ1) is 9.75. The van der Waals surface area contributed by atoms with E-state index in [2.05, 4.69) is 31.0 Å². The van der Waals surface area contributed by atoms with Crippen molar-refractivity contribution in [3.8, 4) is 0 Å². The van der Waals surface area contributed by atoms with E-state index in [1.165, 1.54) is 0 Å². The number of hydrogen-bond donors (Lipinski definition) is 2. The average molecular weight is 292 g/mol. The highest BCUT2D eigenvalue weighted by Crippen LogP contribution is 2.23. The van der Waals surface area contributed by atoms with Crippen molar-refractivity contribution in [1.29, 1.82) is 0 Å². The van der Waals surface area contributed by atoms with Gasteiger partial charge in [-0.15, -0.1) is 0 Å². The van der Waals surface area contributed by atoms with E-state index in [9.17, 15) is 9.90 Å². The van der Waals surface area contributed by atoms with Crippen LogP contribution in [0.2, 0.25) is 0 Å². The molecule has 0 spiro atoms. The number of benzene rings is 1. The Balaban J connectivity index is 2.51. The second kappa shape index (κ2) is 7.57. The van der Waals surface area contributed by atoms with Crippen LogP contribution in [-0.2, 0) is 4.79 Å². The summed E-state index contributed by atoms with van der Waals surface area (Å²) in [6.07, 6.45) is 0.414. The summed E-state index contributed by atoms with van der Waals surface area (Å²) >= 11 is 0. The number of rotatable bonds is 6. The predicted molar refractivity (Wildman–Crippen MR) is 87.4 cm³/mol. The van der Waals surface area contributed by atoms with Crippen LogP contribution in [-0.4, -0.2) is 42.2 Å². The van der Waals surface area contributed by atoms with Crippen LogP contribution in [0.5, 0.6) is 0 Å². The van der Waals surface area contributed by atoms with Gasteiger partial charge in [-0.1, -0.05) is 39.0 Å². The number of carbonyl (C=O) groups is 1. The number of carbonyl (C=O) groups excluding carboxylic acids is 1. The Bertz CT molecular complexity index is 466. The van der Waals surface area contributed by atoms with Gasteiger partial charge in [-0.05, 0) is 31.0 Å². The molecule has 1 aromatic carbocycles. The van der Waals surface area contributed by atoms with Crippen molar-refractivity contribution >= 4 is 11.6 Å². The molecule has 1 amide bonds. The monoisotopic (exact) mass is 292 g/mol. The standard InChI is InChI=1S/C17H28N2O2/c1-13-8-6-7-9-14(13)18-16(21)10-11-19(5)15(12-20)17(2,3)4/h6-9,15,20H,10-12H2,1-5H3,(H,18,21). The maximum absolute atomic E-state index is 12.0.